The van der Waals surface area contributed by atoms with Gasteiger partial charge >= 0.3 is 5.97 Å². The summed E-state index contributed by atoms with van der Waals surface area (Å²) < 4.78 is 10.6. The molecular formula is C16H25NO3. The molecule has 0 saturated heterocycles. The fourth-order valence-electron chi connectivity index (χ4n) is 1.84. The number of nitrogens with one attached hydrogen (secondary N) is 1. The Hall–Kier alpha value is -1.55. The summed E-state index contributed by atoms with van der Waals surface area (Å²) in [6.07, 6.45) is 0. The second-order valence-corrected chi connectivity index (χ2v) is 5.56. The molecule has 1 aromatic rings. The molecule has 0 bridgehead atoms. The van der Waals surface area contributed by atoms with E-state index in [1.165, 1.54) is 12.7 Å². The lowest BCUT2D eigenvalue weighted by molar-refractivity contribution is -0.152. The van der Waals surface area contributed by atoms with E-state index in [1.54, 1.807) is 0 Å². The van der Waals surface area contributed by atoms with Crippen molar-refractivity contribution in [1.82, 2.24) is 5.32 Å². The summed E-state index contributed by atoms with van der Waals surface area (Å²) >= 11 is 0. The molecule has 0 aliphatic heterocycles. The number of benzene rings is 1. The molecule has 0 radical (unpaired) electrons. The molecule has 0 amide bonds. The zero-order chi connectivity index (χ0) is 15.2. The van der Waals surface area contributed by atoms with Gasteiger partial charge in [0, 0.05) is 12.1 Å². The Morgan fingerprint density at radius 3 is 2.65 bits per heavy atom. The van der Waals surface area contributed by atoms with Crippen LogP contribution < -0.4 is 10.1 Å². The van der Waals surface area contributed by atoms with E-state index in [-0.39, 0.29) is 5.97 Å². The molecule has 1 rings (SSSR count). The SMILES string of the molecule is CCNCc1cc(C)ccc1OCC(C)(C)C(=O)OC. The fourth-order valence-corrected chi connectivity index (χ4v) is 1.84. The Morgan fingerprint density at radius 2 is 2.05 bits per heavy atom. The number of rotatable bonds is 7. The average molecular weight is 279 g/mol. The number of aryl methyl sites for hydroxylation is 1. The van der Waals surface area contributed by atoms with Crippen LogP contribution in [0.15, 0.2) is 18.2 Å². The summed E-state index contributed by atoms with van der Waals surface area (Å²) in [7, 11) is 1.40. The molecule has 4 nitrogen and oxygen atoms in total. The number of ether oxygens (including phenoxy) is 2. The van der Waals surface area contributed by atoms with E-state index in [9.17, 15) is 4.79 Å². The van der Waals surface area contributed by atoms with Gasteiger partial charge in [0.25, 0.3) is 0 Å². The first kappa shape index (κ1) is 16.5. The number of hydrogen-bond acceptors (Lipinski definition) is 4. The van der Waals surface area contributed by atoms with Crippen molar-refractivity contribution in [2.75, 3.05) is 20.3 Å². The zero-order valence-corrected chi connectivity index (χ0v) is 13.1. The summed E-state index contributed by atoms with van der Waals surface area (Å²) in [5, 5.41) is 3.29. The van der Waals surface area contributed by atoms with E-state index < -0.39 is 5.41 Å². The standard InChI is InChI=1S/C16H25NO3/c1-6-17-10-13-9-12(2)7-8-14(13)20-11-16(3,4)15(18)19-5/h7-9,17H,6,10-11H2,1-5H3. The van der Waals surface area contributed by atoms with Crippen LogP contribution in [-0.2, 0) is 16.1 Å². The Kier molecular flexibility index (Phi) is 6.02. The minimum Gasteiger partial charge on any atom is -0.492 e. The maximum Gasteiger partial charge on any atom is 0.314 e. The molecule has 0 aliphatic carbocycles. The molecular weight excluding hydrogens is 254 g/mol. The van der Waals surface area contributed by atoms with Crippen LogP contribution in [-0.4, -0.2) is 26.2 Å². The molecule has 4 heteroatoms. The summed E-state index contributed by atoms with van der Waals surface area (Å²) in [6, 6.07) is 6.06. The third kappa shape index (κ3) is 4.53. The van der Waals surface area contributed by atoms with E-state index in [0.717, 1.165) is 24.4 Å². The highest BCUT2D eigenvalue weighted by Gasteiger charge is 2.30. The van der Waals surface area contributed by atoms with Gasteiger partial charge in [-0.05, 0) is 33.4 Å². The van der Waals surface area contributed by atoms with Gasteiger partial charge in [-0.1, -0.05) is 24.6 Å². The Balaban J connectivity index is 2.79. The first-order chi connectivity index (χ1) is 9.40. The molecule has 1 aromatic carbocycles. The van der Waals surface area contributed by atoms with Crippen molar-refractivity contribution in [3.05, 3.63) is 29.3 Å². The highest BCUT2D eigenvalue weighted by molar-refractivity contribution is 5.75. The third-order valence-corrected chi connectivity index (χ3v) is 3.11. The smallest absolute Gasteiger partial charge is 0.314 e. The van der Waals surface area contributed by atoms with Crippen molar-refractivity contribution >= 4 is 5.97 Å². The van der Waals surface area contributed by atoms with E-state index >= 15 is 0 Å². The number of esters is 1. The summed E-state index contributed by atoms with van der Waals surface area (Å²) in [6.45, 7) is 9.71. The van der Waals surface area contributed by atoms with Crippen molar-refractivity contribution in [3.8, 4) is 5.75 Å². The molecule has 0 aliphatic rings. The molecule has 0 fully saturated rings. The minimum atomic E-state index is -0.658. The van der Waals surface area contributed by atoms with Crippen LogP contribution in [0.25, 0.3) is 0 Å². The lowest BCUT2D eigenvalue weighted by atomic mass is 9.95. The van der Waals surface area contributed by atoms with E-state index in [0.29, 0.717) is 6.61 Å². The van der Waals surface area contributed by atoms with Crippen molar-refractivity contribution in [2.24, 2.45) is 5.41 Å². The van der Waals surface area contributed by atoms with Crippen LogP contribution in [0, 0.1) is 12.3 Å². The molecule has 0 atom stereocenters. The van der Waals surface area contributed by atoms with Gasteiger partial charge in [0.1, 0.15) is 12.4 Å². The highest BCUT2D eigenvalue weighted by Crippen LogP contribution is 2.24. The van der Waals surface area contributed by atoms with Gasteiger partial charge in [0.15, 0.2) is 0 Å². The second-order valence-electron chi connectivity index (χ2n) is 5.56. The number of methoxy groups -OCH3 is 1. The Bertz CT molecular complexity index is 455. The molecule has 0 heterocycles. The molecule has 1 N–H and O–H groups in total. The van der Waals surface area contributed by atoms with Crippen LogP contribution in [0.4, 0.5) is 0 Å². The third-order valence-electron chi connectivity index (χ3n) is 3.11. The van der Waals surface area contributed by atoms with Gasteiger partial charge in [-0.15, -0.1) is 0 Å². The van der Waals surface area contributed by atoms with Crippen molar-refractivity contribution in [2.45, 2.75) is 34.2 Å². The largest absolute Gasteiger partial charge is 0.492 e. The number of hydrogen-bond donors (Lipinski definition) is 1. The Morgan fingerprint density at radius 1 is 1.35 bits per heavy atom. The first-order valence-electron chi connectivity index (χ1n) is 6.92. The maximum absolute atomic E-state index is 11.7. The summed E-state index contributed by atoms with van der Waals surface area (Å²) in [4.78, 5) is 11.7. The van der Waals surface area contributed by atoms with Crippen LogP contribution in [0.3, 0.4) is 0 Å². The first-order valence-corrected chi connectivity index (χ1v) is 6.92. The highest BCUT2D eigenvalue weighted by atomic mass is 16.5. The van der Waals surface area contributed by atoms with Gasteiger partial charge in [-0.2, -0.15) is 0 Å². The van der Waals surface area contributed by atoms with Crippen LogP contribution in [0.5, 0.6) is 5.75 Å². The fraction of sp³-hybridized carbons (Fsp3) is 0.562. The number of carbonyl (C=O) groups excluding carboxylic acids is 1. The lowest BCUT2D eigenvalue weighted by Crippen LogP contribution is -2.32. The minimum absolute atomic E-state index is 0.266. The molecule has 20 heavy (non-hydrogen) atoms. The predicted octanol–water partition coefficient (Wildman–Crippen LogP) is 2.68. The van der Waals surface area contributed by atoms with Gasteiger partial charge in [0.05, 0.1) is 12.5 Å². The van der Waals surface area contributed by atoms with E-state index in [4.69, 9.17) is 9.47 Å². The van der Waals surface area contributed by atoms with E-state index in [2.05, 4.69) is 25.2 Å². The molecule has 112 valence electrons. The summed E-state index contributed by atoms with van der Waals surface area (Å²) in [5.74, 6) is 0.548. The topological polar surface area (TPSA) is 47.6 Å². The quantitative estimate of drug-likeness (QED) is 0.780. The van der Waals surface area contributed by atoms with Gasteiger partial charge in [-0.25, -0.2) is 0 Å². The number of carbonyl (C=O) groups is 1. The van der Waals surface area contributed by atoms with Gasteiger partial charge in [0.2, 0.25) is 0 Å². The van der Waals surface area contributed by atoms with Crippen molar-refractivity contribution in [1.29, 1.82) is 0 Å². The van der Waals surface area contributed by atoms with Crippen LogP contribution in [0.1, 0.15) is 31.9 Å². The Labute approximate surface area is 121 Å². The van der Waals surface area contributed by atoms with Crippen LogP contribution in [0.2, 0.25) is 0 Å². The van der Waals surface area contributed by atoms with E-state index in [1.807, 2.05) is 26.0 Å². The van der Waals surface area contributed by atoms with Gasteiger partial charge in [-0.3, -0.25) is 4.79 Å². The second kappa shape index (κ2) is 7.29. The monoisotopic (exact) mass is 279 g/mol. The summed E-state index contributed by atoms with van der Waals surface area (Å²) in [5.41, 5.74) is 1.64. The molecule has 0 unspecified atom stereocenters. The maximum atomic E-state index is 11.7. The molecule has 0 spiro atoms. The average Bonchev–Trinajstić information content (AvgIpc) is 2.43. The predicted molar refractivity (Wildman–Crippen MR) is 79.9 cm³/mol. The van der Waals surface area contributed by atoms with Crippen LogP contribution >= 0.6 is 0 Å². The molecule has 0 aromatic heterocycles. The van der Waals surface area contributed by atoms with Gasteiger partial charge < -0.3 is 14.8 Å². The van der Waals surface area contributed by atoms with Crippen molar-refractivity contribution in [3.63, 3.8) is 0 Å². The normalized spacial score (nSPS) is 11.2. The lowest BCUT2D eigenvalue weighted by Gasteiger charge is -2.22. The zero-order valence-electron chi connectivity index (χ0n) is 13.1. The van der Waals surface area contributed by atoms with Crippen molar-refractivity contribution < 1.29 is 14.3 Å². The molecule has 0 saturated carbocycles.